The van der Waals surface area contributed by atoms with Gasteiger partial charge in [-0.25, -0.2) is 9.59 Å². The Morgan fingerprint density at radius 3 is 2.20 bits per heavy atom. The molecule has 7 nitrogen and oxygen atoms in total. The van der Waals surface area contributed by atoms with Crippen molar-refractivity contribution in [2.45, 2.75) is 4.90 Å². The van der Waals surface area contributed by atoms with E-state index < -0.39 is 16.9 Å². The third-order valence-electron chi connectivity index (χ3n) is 3.12. The molecule has 0 amide bonds. The number of aliphatic carboxylic acids is 1. The van der Waals surface area contributed by atoms with Crippen molar-refractivity contribution in [1.82, 2.24) is 0 Å². The van der Waals surface area contributed by atoms with Crippen molar-refractivity contribution in [2.75, 3.05) is 7.11 Å². The van der Waals surface area contributed by atoms with Crippen molar-refractivity contribution in [3.05, 3.63) is 74.7 Å². The summed E-state index contributed by atoms with van der Waals surface area (Å²) < 4.78 is 4.60. The van der Waals surface area contributed by atoms with Gasteiger partial charge in [0.1, 0.15) is 0 Å². The monoisotopic (exact) mass is 359 g/mol. The van der Waals surface area contributed by atoms with Crippen LogP contribution >= 0.6 is 11.8 Å². The second-order valence-corrected chi connectivity index (χ2v) is 5.90. The molecular weight excluding hydrogens is 346 g/mol. The van der Waals surface area contributed by atoms with E-state index in [0.717, 1.165) is 11.8 Å². The number of thioether (sulfide) groups is 1. The molecule has 0 radical (unpaired) electrons. The van der Waals surface area contributed by atoms with Crippen LogP contribution < -0.4 is 0 Å². The molecule has 0 atom stereocenters. The van der Waals surface area contributed by atoms with Crippen molar-refractivity contribution in [2.24, 2.45) is 0 Å². The van der Waals surface area contributed by atoms with Crippen LogP contribution in [0, 0.1) is 10.1 Å². The molecule has 0 aliphatic heterocycles. The molecular formula is C17H13NO6S. The van der Waals surface area contributed by atoms with Gasteiger partial charge in [0.2, 0.25) is 0 Å². The van der Waals surface area contributed by atoms with E-state index in [1.165, 1.54) is 49.6 Å². The number of carboxylic acids is 1. The number of benzene rings is 2. The number of non-ortho nitro benzene ring substituents is 1. The van der Waals surface area contributed by atoms with Crippen LogP contribution in [0.1, 0.15) is 15.9 Å². The van der Waals surface area contributed by atoms with E-state index in [2.05, 4.69) is 4.74 Å². The van der Waals surface area contributed by atoms with Crippen LogP contribution in [-0.4, -0.2) is 29.1 Å². The molecule has 8 heteroatoms. The van der Waals surface area contributed by atoms with Gasteiger partial charge < -0.3 is 9.84 Å². The van der Waals surface area contributed by atoms with E-state index in [4.69, 9.17) is 0 Å². The lowest BCUT2D eigenvalue weighted by Crippen LogP contribution is -2.00. The van der Waals surface area contributed by atoms with Gasteiger partial charge in [0, 0.05) is 17.0 Å². The summed E-state index contributed by atoms with van der Waals surface area (Å²) in [4.78, 5) is 33.5. The Labute approximate surface area is 147 Å². The Bertz CT molecular complexity index is 827. The lowest BCUT2D eigenvalue weighted by Gasteiger charge is -2.04. The number of rotatable bonds is 6. The van der Waals surface area contributed by atoms with Crippen molar-refractivity contribution < 1.29 is 24.4 Å². The van der Waals surface area contributed by atoms with Gasteiger partial charge >= 0.3 is 11.9 Å². The summed E-state index contributed by atoms with van der Waals surface area (Å²) in [6, 6.07) is 11.9. The van der Waals surface area contributed by atoms with Crippen LogP contribution in [0.5, 0.6) is 0 Å². The van der Waals surface area contributed by atoms with Crippen molar-refractivity contribution >= 4 is 35.5 Å². The summed E-state index contributed by atoms with van der Waals surface area (Å²) >= 11 is 0.974. The fourth-order valence-electron chi connectivity index (χ4n) is 1.88. The van der Waals surface area contributed by atoms with Gasteiger partial charge in [-0.1, -0.05) is 23.9 Å². The maximum Gasteiger partial charge on any atom is 0.342 e. The van der Waals surface area contributed by atoms with Gasteiger partial charge in [0.05, 0.1) is 22.5 Å². The predicted octanol–water partition coefficient (Wildman–Crippen LogP) is 3.60. The van der Waals surface area contributed by atoms with Crippen LogP contribution in [0.2, 0.25) is 0 Å². The molecule has 2 rings (SSSR count). The largest absolute Gasteiger partial charge is 0.477 e. The van der Waals surface area contributed by atoms with Gasteiger partial charge in [0.25, 0.3) is 5.69 Å². The van der Waals surface area contributed by atoms with Crippen molar-refractivity contribution in [3.8, 4) is 0 Å². The minimum Gasteiger partial charge on any atom is -0.477 e. The minimum absolute atomic E-state index is 0.0414. The second-order valence-electron chi connectivity index (χ2n) is 4.78. The molecule has 0 spiro atoms. The predicted molar refractivity (Wildman–Crippen MR) is 92.3 cm³/mol. The van der Waals surface area contributed by atoms with E-state index in [1.54, 1.807) is 12.1 Å². The fraction of sp³-hybridized carbons (Fsp3) is 0.0588. The standard InChI is InChI=1S/C17H13NO6S/c1-24-17(21)12-4-2-11(3-5-12)10-15(16(19)20)25-14-8-6-13(7-9-14)18(22)23/h2-10H,1H3,(H,19,20). The number of carboxylic acid groups (broad SMARTS) is 1. The van der Waals surface area contributed by atoms with Crippen molar-refractivity contribution in [3.63, 3.8) is 0 Å². The Morgan fingerprint density at radius 1 is 1.12 bits per heavy atom. The molecule has 0 heterocycles. The van der Waals surface area contributed by atoms with Crippen LogP contribution in [0.25, 0.3) is 6.08 Å². The van der Waals surface area contributed by atoms with Crippen LogP contribution in [0.4, 0.5) is 5.69 Å². The maximum absolute atomic E-state index is 11.4. The number of nitrogens with zero attached hydrogens (tertiary/aromatic N) is 1. The first-order valence-corrected chi connectivity index (χ1v) is 7.78. The molecule has 0 aliphatic rings. The smallest absolute Gasteiger partial charge is 0.342 e. The van der Waals surface area contributed by atoms with Gasteiger partial charge in [-0.05, 0) is 35.9 Å². The van der Waals surface area contributed by atoms with Gasteiger partial charge in [0.15, 0.2) is 0 Å². The topological polar surface area (TPSA) is 107 Å². The SMILES string of the molecule is COC(=O)c1ccc(C=C(Sc2ccc([N+](=O)[O-])cc2)C(=O)O)cc1. The number of esters is 1. The summed E-state index contributed by atoms with van der Waals surface area (Å²) in [7, 11) is 1.28. The van der Waals surface area contributed by atoms with Crippen LogP contribution in [0.15, 0.2) is 58.3 Å². The summed E-state index contributed by atoms with van der Waals surface area (Å²) in [5.41, 5.74) is 0.891. The second kappa shape index (κ2) is 8.11. The average Bonchev–Trinajstić information content (AvgIpc) is 2.61. The van der Waals surface area contributed by atoms with Crippen LogP contribution in [-0.2, 0) is 9.53 Å². The Morgan fingerprint density at radius 2 is 1.72 bits per heavy atom. The van der Waals surface area contributed by atoms with Crippen LogP contribution in [0.3, 0.4) is 0 Å². The number of methoxy groups -OCH3 is 1. The normalized spacial score (nSPS) is 11.0. The number of nitro groups is 1. The molecule has 0 saturated carbocycles. The fourth-order valence-corrected chi connectivity index (χ4v) is 2.69. The molecule has 0 saturated heterocycles. The molecule has 2 aromatic rings. The Balaban J connectivity index is 2.22. The number of carbonyl (C=O) groups is 2. The number of carbonyl (C=O) groups excluding carboxylic acids is 1. The lowest BCUT2D eigenvalue weighted by molar-refractivity contribution is -0.384. The molecule has 0 fully saturated rings. The highest BCUT2D eigenvalue weighted by atomic mass is 32.2. The molecule has 0 bridgehead atoms. The summed E-state index contributed by atoms with van der Waals surface area (Å²) in [6.45, 7) is 0. The highest BCUT2D eigenvalue weighted by molar-refractivity contribution is 8.04. The Hall–Kier alpha value is -3.13. The first kappa shape index (κ1) is 18.2. The maximum atomic E-state index is 11.4. The molecule has 2 aromatic carbocycles. The summed E-state index contributed by atoms with van der Waals surface area (Å²) in [6.07, 6.45) is 1.45. The average molecular weight is 359 g/mol. The first-order valence-electron chi connectivity index (χ1n) is 6.96. The van der Waals surface area contributed by atoms with E-state index in [0.29, 0.717) is 16.0 Å². The molecule has 1 N–H and O–H groups in total. The molecule has 0 aromatic heterocycles. The van der Waals surface area contributed by atoms with E-state index in [9.17, 15) is 24.8 Å². The number of nitro benzene ring substituents is 1. The van der Waals surface area contributed by atoms with Gasteiger partial charge in [-0.2, -0.15) is 0 Å². The number of hydrogen-bond donors (Lipinski definition) is 1. The van der Waals surface area contributed by atoms with Crippen molar-refractivity contribution in [1.29, 1.82) is 0 Å². The third kappa shape index (κ3) is 4.92. The summed E-state index contributed by atoms with van der Waals surface area (Å²) in [5.74, 6) is -1.60. The lowest BCUT2D eigenvalue weighted by atomic mass is 10.1. The zero-order valence-corrected chi connectivity index (χ0v) is 13.9. The van der Waals surface area contributed by atoms with Gasteiger partial charge in [-0.3, -0.25) is 10.1 Å². The number of ether oxygens (including phenoxy) is 1. The summed E-state index contributed by atoms with van der Waals surface area (Å²) in [5, 5.41) is 20.0. The molecule has 25 heavy (non-hydrogen) atoms. The molecule has 128 valence electrons. The quantitative estimate of drug-likeness (QED) is 0.276. The third-order valence-corrected chi connectivity index (χ3v) is 4.14. The zero-order valence-electron chi connectivity index (χ0n) is 13.0. The highest BCUT2D eigenvalue weighted by Crippen LogP contribution is 2.29. The number of hydrogen-bond acceptors (Lipinski definition) is 6. The van der Waals surface area contributed by atoms with E-state index >= 15 is 0 Å². The molecule has 0 unspecified atom stereocenters. The molecule has 0 aliphatic carbocycles. The van der Waals surface area contributed by atoms with Gasteiger partial charge in [-0.15, -0.1) is 0 Å². The van der Waals surface area contributed by atoms with E-state index in [-0.39, 0.29) is 10.6 Å². The minimum atomic E-state index is -1.12. The highest BCUT2D eigenvalue weighted by Gasteiger charge is 2.12. The zero-order chi connectivity index (χ0) is 18.4. The van der Waals surface area contributed by atoms with E-state index in [1.807, 2.05) is 0 Å². The Kier molecular flexibility index (Phi) is 5.91. The first-order chi connectivity index (χ1) is 11.9.